The number of ketones is 1. The van der Waals surface area contributed by atoms with Gasteiger partial charge in [-0.25, -0.2) is 0 Å². The number of carbonyl (C=O) groups excluding carboxylic acids is 1. The Labute approximate surface area is 95.1 Å². The Morgan fingerprint density at radius 3 is 2.00 bits per heavy atom. The number of nitrogens with zero attached hydrogens (tertiary/aromatic N) is 1. The topological polar surface area (TPSA) is 79.2 Å². The fourth-order valence-corrected chi connectivity index (χ4v) is 0.700. The summed E-state index contributed by atoms with van der Waals surface area (Å²) in [6.45, 7) is 1.70. The molecule has 0 spiro atoms. The molecule has 0 radical (unpaired) electrons. The molecule has 0 rings (SSSR count). The molecule has 0 amide bonds. The van der Waals surface area contributed by atoms with Gasteiger partial charge < -0.3 is 10.2 Å². The normalized spacial score (nSPS) is 10.1. The lowest BCUT2D eigenvalue weighted by atomic mass is 10.3. The number of Topliss-reactive ketones (excluding diaryl/α,β-unsaturated/α-hetero) is 1. The quantitative estimate of drug-likeness (QED) is 0.534. The van der Waals surface area contributed by atoms with E-state index in [4.69, 9.17) is 19.9 Å². The number of halogens is 1. The van der Waals surface area contributed by atoms with Gasteiger partial charge in [-0.1, -0.05) is 5.23 Å². The SMILES string of the molecule is CC(=O)CCN(OCCO)OCCO.Cl. The minimum atomic E-state index is -0.126. The van der Waals surface area contributed by atoms with Gasteiger partial charge >= 0.3 is 0 Å². The van der Waals surface area contributed by atoms with Gasteiger partial charge in [-0.15, -0.1) is 12.4 Å². The number of hydrogen-bond donors (Lipinski definition) is 2. The van der Waals surface area contributed by atoms with E-state index in [9.17, 15) is 4.79 Å². The molecule has 0 heterocycles. The Kier molecular flexibility index (Phi) is 13.5. The molecule has 0 bridgehead atoms. The van der Waals surface area contributed by atoms with Crippen LogP contribution in [0.2, 0.25) is 0 Å². The van der Waals surface area contributed by atoms with Gasteiger partial charge in [0.1, 0.15) is 5.78 Å². The Balaban J connectivity index is 0. The summed E-state index contributed by atoms with van der Waals surface area (Å²) in [7, 11) is 0. The van der Waals surface area contributed by atoms with E-state index in [0.29, 0.717) is 6.42 Å². The third-order valence-electron chi connectivity index (χ3n) is 1.30. The Bertz CT molecular complexity index is 150. The van der Waals surface area contributed by atoms with Crippen LogP contribution >= 0.6 is 12.4 Å². The molecular weight excluding hydrogens is 226 g/mol. The number of hydroxylamine groups is 2. The summed E-state index contributed by atoms with van der Waals surface area (Å²) in [4.78, 5) is 20.5. The van der Waals surface area contributed by atoms with Gasteiger partial charge in [0.25, 0.3) is 0 Å². The van der Waals surface area contributed by atoms with Crippen LogP contribution in [-0.4, -0.2) is 54.2 Å². The van der Waals surface area contributed by atoms with Crippen LogP contribution in [0.3, 0.4) is 0 Å². The molecule has 0 aromatic heterocycles. The van der Waals surface area contributed by atoms with Crippen LogP contribution in [0.15, 0.2) is 0 Å². The molecule has 92 valence electrons. The lowest BCUT2D eigenvalue weighted by Crippen LogP contribution is -2.29. The van der Waals surface area contributed by atoms with E-state index in [-0.39, 0.29) is 51.2 Å². The first-order valence-corrected chi connectivity index (χ1v) is 4.45. The monoisotopic (exact) mass is 243 g/mol. The summed E-state index contributed by atoms with van der Waals surface area (Å²) >= 11 is 0. The molecule has 6 nitrogen and oxygen atoms in total. The molecule has 7 heteroatoms. The molecule has 0 aliphatic heterocycles. The van der Waals surface area contributed by atoms with Crippen LogP contribution < -0.4 is 0 Å². The van der Waals surface area contributed by atoms with Crippen LogP contribution in [0, 0.1) is 0 Å². The molecule has 0 aromatic carbocycles. The minimum Gasteiger partial charge on any atom is -0.394 e. The summed E-state index contributed by atoms with van der Waals surface area (Å²) in [5.74, 6) is 0.0233. The zero-order valence-corrected chi connectivity index (χ0v) is 9.53. The third-order valence-corrected chi connectivity index (χ3v) is 1.30. The van der Waals surface area contributed by atoms with Crippen molar-refractivity contribution in [2.45, 2.75) is 13.3 Å². The predicted molar refractivity (Wildman–Crippen MR) is 55.3 cm³/mol. The number of aliphatic hydroxyl groups excluding tert-OH is 2. The number of hydrogen-bond acceptors (Lipinski definition) is 6. The standard InChI is InChI=1S/C8H17NO5.ClH/c1-8(12)2-3-9(13-6-4-10)14-7-5-11;/h10-11H,2-7H2,1H3;1H. The summed E-state index contributed by atoms with van der Waals surface area (Å²) in [6, 6.07) is 0. The fraction of sp³-hybridized carbons (Fsp3) is 0.875. The van der Waals surface area contributed by atoms with Gasteiger partial charge in [0.2, 0.25) is 0 Å². The second-order valence-corrected chi connectivity index (χ2v) is 2.62. The summed E-state index contributed by atoms with van der Waals surface area (Å²) in [5, 5.41) is 18.1. The van der Waals surface area contributed by atoms with Gasteiger partial charge in [-0.2, -0.15) is 0 Å². The average Bonchev–Trinajstić information content (AvgIpc) is 2.16. The van der Waals surface area contributed by atoms with Gasteiger partial charge in [-0.3, -0.25) is 14.5 Å². The predicted octanol–water partition coefficient (Wildman–Crippen LogP) is -0.463. The highest BCUT2D eigenvalue weighted by Crippen LogP contribution is 1.95. The van der Waals surface area contributed by atoms with Crippen LogP contribution in [0.25, 0.3) is 0 Å². The molecule has 0 aromatic rings. The Morgan fingerprint density at radius 1 is 1.20 bits per heavy atom. The smallest absolute Gasteiger partial charge is 0.131 e. The van der Waals surface area contributed by atoms with Crippen molar-refractivity contribution in [1.29, 1.82) is 0 Å². The van der Waals surface area contributed by atoms with Crippen molar-refractivity contribution in [3.63, 3.8) is 0 Å². The summed E-state index contributed by atoms with van der Waals surface area (Å²) in [6.07, 6.45) is 0.302. The van der Waals surface area contributed by atoms with Crippen LogP contribution in [-0.2, 0) is 14.5 Å². The lowest BCUT2D eigenvalue weighted by Gasteiger charge is -2.19. The van der Waals surface area contributed by atoms with Crippen LogP contribution in [0.4, 0.5) is 0 Å². The van der Waals surface area contributed by atoms with Crippen molar-refractivity contribution in [3.8, 4) is 0 Å². The van der Waals surface area contributed by atoms with Gasteiger partial charge in [-0.05, 0) is 6.92 Å². The highest BCUT2D eigenvalue weighted by molar-refractivity contribution is 5.85. The highest BCUT2D eigenvalue weighted by Gasteiger charge is 2.06. The first-order chi connectivity index (χ1) is 6.70. The third kappa shape index (κ3) is 11.7. The van der Waals surface area contributed by atoms with E-state index < -0.39 is 0 Å². The van der Waals surface area contributed by atoms with Crippen molar-refractivity contribution in [2.75, 3.05) is 33.0 Å². The van der Waals surface area contributed by atoms with Crippen LogP contribution in [0.5, 0.6) is 0 Å². The van der Waals surface area contributed by atoms with Crippen molar-refractivity contribution in [1.82, 2.24) is 5.23 Å². The molecule has 2 N–H and O–H groups in total. The van der Waals surface area contributed by atoms with Crippen molar-refractivity contribution in [2.24, 2.45) is 0 Å². The fourth-order valence-electron chi connectivity index (χ4n) is 0.700. The second kappa shape index (κ2) is 11.8. The van der Waals surface area contributed by atoms with E-state index in [2.05, 4.69) is 0 Å². The van der Waals surface area contributed by atoms with Crippen molar-refractivity contribution < 1.29 is 24.7 Å². The molecule has 0 atom stereocenters. The average molecular weight is 244 g/mol. The molecule has 0 saturated carbocycles. The van der Waals surface area contributed by atoms with Gasteiger partial charge in [0.05, 0.1) is 33.0 Å². The molecular formula is C8H18ClNO5. The van der Waals surface area contributed by atoms with E-state index >= 15 is 0 Å². The van der Waals surface area contributed by atoms with E-state index in [1.165, 1.54) is 6.92 Å². The Morgan fingerprint density at radius 2 is 1.67 bits per heavy atom. The maximum Gasteiger partial charge on any atom is 0.131 e. The zero-order chi connectivity index (χ0) is 10.8. The minimum absolute atomic E-state index is 0. The number of carbonyl (C=O) groups is 1. The summed E-state index contributed by atoms with van der Waals surface area (Å²) < 4.78 is 0. The van der Waals surface area contributed by atoms with Crippen molar-refractivity contribution >= 4 is 18.2 Å². The van der Waals surface area contributed by atoms with Gasteiger partial charge in [0, 0.05) is 6.42 Å². The first kappa shape index (κ1) is 17.2. The molecule has 0 aliphatic carbocycles. The Hall–Kier alpha value is -0.240. The highest BCUT2D eigenvalue weighted by atomic mass is 35.5. The number of aliphatic hydroxyl groups is 2. The maximum atomic E-state index is 10.7. The van der Waals surface area contributed by atoms with Crippen LogP contribution in [0.1, 0.15) is 13.3 Å². The van der Waals surface area contributed by atoms with E-state index in [1.54, 1.807) is 0 Å². The van der Waals surface area contributed by atoms with E-state index in [1.807, 2.05) is 0 Å². The maximum absolute atomic E-state index is 10.7. The summed E-state index contributed by atoms with van der Waals surface area (Å²) in [5.41, 5.74) is 0. The first-order valence-electron chi connectivity index (χ1n) is 4.45. The van der Waals surface area contributed by atoms with Crippen molar-refractivity contribution in [3.05, 3.63) is 0 Å². The largest absolute Gasteiger partial charge is 0.394 e. The molecule has 0 unspecified atom stereocenters. The molecule has 0 saturated heterocycles. The second-order valence-electron chi connectivity index (χ2n) is 2.62. The molecule has 0 fully saturated rings. The number of rotatable bonds is 9. The lowest BCUT2D eigenvalue weighted by molar-refractivity contribution is -0.370. The molecule has 15 heavy (non-hydrogen) atoms. The zero-order valence-electron chi connectivity index (χ0n) is 8.72. The molecule has 0 aliphatic rings. The van der Waals surface area contributed by atoms with Gasteiger partial charge in [0.15, 0.2) is 0 Å². The van der Waals surface area contributed by atoms with E-state index in [0.717, 1.165) is 5.23 Å².